The fraction of sp³-hybridized carbons (Fsp3) is 0.0964. The molecule has 8 heteroatoms. The Morgan fingerprint density at radius 3 is 1.37 bits per heavy atom. The first-order chi connectivity index (χ1) is 44.3. The van der Waals surface area contributed by atoms with Crippen LogP contribution < -0.4 is 5.32 Å². The van der Waals surface area contributed by atoms with Crippen molar-refractivity contribution in [2.24, 2.45) is 0 Å². The number of fused-ring (bicyclic) bond motifs is 9. The Morgan fingerprint density at radius 1 is 0.385 bits per heavy atom. The number of hydrogen-bond donors (Lipinski definition) is 1. The minimum Gasteiger partial charge on any atom is -0.352 e. The number of aromatic nitrogens is 6. The van der Waals surface area contributed by atoms with E-state index < -0.39 is 0 Å². The number of anilines is 2. The molecule has 8 nitrogen and oxygen atoms in total. The monoisotopic (exact) mass is 1170 g/mol. The van der Waals surface area contributed by atoms with Crippen LogP contribution in [0.25, 0.3) is 133 Å². The van der Waals surface area contributed by atoms with Gasteiger partial charge in [0.25, 0.3) is 0 Å². The highest BCUT2D eigenvalue weighted by molar-refractivity contribution is 6.11. The average Bonchev–Trinajstić information content (AvgIpc) is 1.58. The van der Waals surface area contributed by atoms with Crippen molar-refractivity contribution in [3.05, 3.63) is 290 Å². The fourth-order valence-electron chi connectivity index (χ4n) is 13.4. The van der Waals surface area contributed by atoms with E-state index in [0.717, 1.165) is 128 Å². The molecule has 0 radical (unpaired) electrons. The Hall–Kier alpha value is -11.5. The van der Waals surface area contributed by atoms with Crippen molar-refractivity contribution in [2.45, 2.75) is 52.4 Å². The summed E-state index contributed by atoms with van der Waals surface area (Å²) in [4.78, 5) is 10.7. The van der Waals surface area contributed by atoms with Gasteiger partial charge in [-0.3, -0.25) is 13.5 Å². The molecule has 0 bridgehead atoms. The van der Waals surface area contributed by atoms with E-state index in [1.165, 1.54) is 11.1 Å². The third-order valence-electron chi connectivity index (χ3n) is 18.2. The van der Waals surface area contributed by atoms with Gasteiger partial charge in [0.1, 0.15) is 18.0 Å². The van der Waals surface area contributed by atoms with Crippen molar-refractivity contribution in [3.8, 4) is 78.8 Å². The summed E-state index contributed by atoms with van der Waals surface area (Å²) in [6.07, 6.45) is 1.92. The van der Waals surface area contributed by atoms with E-state index in [9.17, 15) is 5.26 Å². The van der Waals surface area contributed by atoms with E-state index in [4.69, 9.17) is 9.97 Å². The zero-order chi connectivity index (χ0) is 61.7. The molecular formula is C83H64N8. The van der Waals surface area contributed by atoms with Gasteiger partial charge >= 0.3 is 0 Å². The quantitative estimate of drug-likeness (QED) is 0.148. The Balaban J connectivity index is 1.05. The second kappa shape index (κ2) is 21.4. The molecule has 0 aliphatic heterocycles. The minimum absolute atomic E-state index is 0.125. The molecule has 0 aliphatic rings. The van der Waals surface area contributed by atoms with Crippen LogP contribution in [-0.2, 0) is 10.8 Å². The first-order valence-corrected chi connectivity index (χ1v) is 31.2. The van der Waals surface area contributed by atoms with Crippen LogP contribution >= 0.6 is 0 Å². The van der Waals surface area contributed by atoms with Gasteiger partial charge in [-0.25, -0.2) is 9.97 Å². The average molecular weight is 1170 g/mol. The molecule has 0 atom stereocenters. The van der Waals surface area contributed by atoms with Crippen molar-refractivity contribution < 1.29 is 0 Å². The lowest BCUT2D eigenvalue weighted by molar-refractivity contribution is 0.590. The zero-order valence-corrected chi connectivity index (χ0v) is 51.6. The Bertz CT molecular complexity index is 5480. The topological polar surface area (TPSA) is 80.8 Å². The molecule has 16 rings (SSSR count). The Morgan fingerprint density at radius 2 is 0.846 bits per heavy atom. The second-order valence-electron chi connectivity index (χ2n) is 25.9. The van der Waals surface area contributed by atoms with E-state index in [2.05, 4.69) is 326 Å². The molecule has 0 aliphatic carbocycles. The van der Waals surface area contributed by atoms with Crippen LogP contribution in [0.3, 0.4) is 0 Å². The zero-order valence-electron chi connectivity index (χ0n) is 51.6. The lowest BCUT2D eigenvalue weighted by atomic mass is 9.85. The van der Waals surface area contributed by atoms with Gasteiger partial charge in [0, 0.05) is 16.3 Å². The Kier molecular flexibility index (Phi) is 12.9. The predicted molar refractivity (Wildman–Crippen MR) is 378 cm³/mol. The van der Waals surface area contributed by atoms with Crippen LogP contribution in [0.5, 0.6) is 0 Å². The molecule has 0 saturated heterocycles. The van der Waals surface area contributed by atoms with E-state index in [-0.39, 0.29) is 10.8 Å². The van der Waals surface area contributed by atoms with Crippen molar-refractivity contribution >= 4 is 72.1 Å². The van der Waals surface area contributed by atoms with Crippen molar-refractivity contribution in [1.29, 1.82) is 5.26 Å². The molecule has 16 aromatic rings. The van der Waals surface area contributed by atoms with Gasteiger partial charge < -0.3 is 9.88 Å². The molecule has 0 saturated carbocycles. The summed E-state index contributed by atoms with van der Waals surface area (Å²) in [5.41, 5.74) is 24.4. The molecule has 4 heterocycles. The fourth-order valence-corrected chi connectivity index (χ4v) is 13.4. The van der Waals surface area contributed by atoms with Gasteiger partial charge in [-0.05, 0) is 151 Å². The molecule has 0 fully saturated rings. The maximum Gasteiger partial charge on any atom is 0.220 e. The summed E-state index contributed by atoms with van der Waals surface area (Å²) in [5, 5.41) is 19.1. The van der Waals surface area contributed by atoms with E-state index in [1.54, 1.807) is 0 Å². The number of nitrogens with one attached hydrogen (secondary N) is 1. The number of nitriles is 1. The Labute approximate surface area is 528 Å². The van der Waals surface area contributed by atoms with Gasteiger partial charge in [-0.2, -0.15) is 5.26 Å². The molecule has 4 aromatic heterocycles. The summed E-state index contributed by atoms with van der Waals surface area (Å²) >= 11 is 0. The van der Waals surface area contributed by atoms with Crippen LogP contribution in [0.1, 0.15) is 58.2 Å². The van der Waals surface area contributed by atoms with Gasteiger partial charge in [-0.1, -0.05) is 230 Å². The predicted octanol–water partition coefficient (Wildman–Crippen LogP) is 21.4. The van der Waals surface area contributed by atoms with Crippen LogP contribution in [0.2, 0.25) is 0 Å². The largest absolute Gasteiger partial charge is 0.352 e. The van der Waals surface area contributed by atoms with Gasteiger partial charge in [-0.15, -0.1) is 0 Å². The number of nitrogens with zero attached hydrogens (tertiary/aromatic N) is 7. The first kappa shape index (κ1) is 54.8. The highest BCUT2D eigenvalue weighted by atomic mass is 15.2. The lowest BCUT2D eigenvalue weighted by Crippen LogP contribution is -2.12. The number of rotatable bonds is 10. The molecule has 91 heavy (non-hydrogen) atoms. The molecule has 436 valence electrons. The highest BCUT2D eigenvalue weighted by Crippen LogP contribution is 2.48. The van der Waals surface area contributed by atoms with E-state index in [1.807, 2.05) is 18.5 Å². The van der Waals surface area contributed by atoms with Crippen LogP contribution in [0.4, 0.5) is 11.4 Å². The molecule has 0 amide bonds. The summed E-state index contributed by atoms with van der Waals surface area (Å²) in [6.45, 7) is 13.7. The maximum atomic E-state index is 12.8. The molecular weight excluding hydrogens is 1110 g/mol. The molecule has 1 N–H and O–H groups in total. The molecule has 0 spiro atoms. The normalized spacial score (nSPS) is 12.1. The molecule has 0 unspecified atom stereocenters. The van der Waals surface area contributed by atoms with Gasteiger partial charge in [0.05, 0.1) is 72.6 Å². The third-order valence-corrected chi connectivity index (χ3v) is 18.2. The summed E-state index contributed by atoms with van der Waals surface area (Å²) in [5.74, 6) is 0.675. The van der Waals surface area contributed by atoms with Crippen LogP contribution in [0.15, 0.2) is 273 Å². The number of benzene rings is 12. The number of imidazole rings is 3. The third kappa shape index (κ3) is 9.36. The smallest absolute Gasteiger partial charge is 0.220 e. The minimum atomic E-state index is -0.125. The summed E-state index contributed by atoms with van der Waals surface area (Å²) < 4.78 is 9.16. The van der Waals surface area contributed by atoms with Gasteiger partial charge in [0.15, 0.2) is 0 Å². The van der Waals surface area contributed by atoms with Crippen molar-refractivity contribution in [3.63, 3.8) is 0 Å². The maximum absolute atomic E-state index is 12.8. The van der Waals surface area contributed by atoms with E-state index in [0.29, 0.717) is 22.7 Å². The van der Waals surface area contributed by atoms with Crippen molar-refractivity contribution in [2.75, 3.05) is 5.32 Å². The van der Waals surface area contributed by atoms with Crippen LogP contribution in [0, 0.1) is 11.3 Å². The number of hydrogen-bond acceptors (Lipinski definition) is 4. The standard InChI is InChI=1S/C83H64N8/c1-82(2,3)62-36-42-71-65(48-62)66-49-63(83(4,5)6)37-43-72(66)89(71)78-50-64(57-30-20-11-21-31-57)79(86-69-39-33-59(54-24-14-8-15-25-54)45-75(69)88-52-85-68-38-32-58(44-74(68)88)53-22-12-7-13-23-53)67(51-84)80(78)91-73-41-35-61(56-28-18-10-19-29-56)47-77(73)90-76-46-60(55-26-16-9-17-27-55)34-40-70(76)87-81(90)91/h7-50,52,86H,1-6H3. The summed E-state index contributed by atoms with van der Waals surface area (Å²) in [6, 6.07) is 98.1. The van der Waals surface area contributed by atoms with E-state index >= 15 is 0 Å². The summed E-state index contributed by atoms with van der Waals surface area (Å²) in [7, 11) is 0. The van der Waals surface area contributed by atoms with Crippen molar-refractivity contribution in [1.82, 2.24) is 28.1 Å². The molecule has 12 aromatic carbocycles. The first-order valence-electron chi connectivity index (χ1n) is 31.2. The van der Waals surface area contributed by atoms with Crippen LogP contribution in [-0.4, -0.2) is 28.1 Å². The lowest BCUT2D eigenvalue weighted by Gasteiger charge is -2.24. The van der Waals surface area contributed by atoms with Gasteiger partial charge in [0.2, 0.25) is 5.78 Å². The second-order valence-corrected chi connectivity index (χ2v) is 25.9. The SMILES string of the molecule is CC(C)(C)c1ccc2c(c1)c1cc(C(C)(C)C)ccc1n2-c1cc(-c2ccccc2)c(Nc2ccc(-c3ccccc3)cc2-n2cnc3ccc(-c4ccccc4)cc32)c(C#N)c1-n1c2ccc(-c3ccccc3)cc2n2c3cc(-c4ccccc4)ccc3nc12. The highest BCUT2D eigenvalue weighted by Gasteiger charge is 2.31.